The molecule has 1 amide bonds. The number of carbonyl (C=O) groups is 2. The largest absolute Gasteiger partial charge is 0.462 e. The Bertz CT molecular complexity index is 878. The predicted octanol–water partition coefficient (Wildman–Crippen LogP) is -0.625. The van der Waals surface area contributed by atoms with Crippen molar-refractivity contribution in [2.24, 2.45) is 7.05 Å². The first-order valence-electron chi connectivity index (χ1n) is 7.74. The number of ether oxygens (including phenoxy) is 1. The number of esters is 1. The number of hydrogen-bond donors (Lipinski definition) is 1. The summed E-state index contributed by atoms with van der Waals surface area (Å²) in [6, 6.07) is -0.517. The topological polar surface area (TPSA) is 120 Å². The summed E-state index contributed by atoms with van der Waals surface area (Å²) in [5, 5.41) is 10.1. The van der Waals surface area contributed by atoms with Crippen molar-refractivity contribution in [1.29, 1.82) is 0 Å². The van der Waals surface area contributed by atoms with Crippen LogP contribution in [0.5, 0.6) is 0 Å². The molecule has 1 aliphatic carbocycles. The van der Waals surface area contributed by atoms with Crippen molar-refractivity contribution in [3.05, 3.63) is 22.5 Å². The summed E-state index contributed by atoms with van der Waals surface area (Å²) in [5.41, 5.74) is -0.548. The van der Waals surface area contributed by atoms with Crippen LogP contribution in [0.4, 0.5) is 4.39 Å². The molecule has 3 rings (SSSR count). The van der Waals surface area contributed by atoms with Crippen LogP contribution < -0.4 is 11.0 Å². The fraction of sp³-hybridized carbons (Fsp3) is 0.571. The number of nitrogens with zero attached hydrogens (tertiary/aromatic N) is 5. The molecule has 2 heterocycles. The maximum absolute atomic E-state index is 13.8. The normalized spacial score (nSPS) is 23.4. The van der Waals surface area contributed by atoms with E-state index in [9.17, 15) is 18.8 Å². The molecule has 10 nitrogen and oxygen atoms in total. The second-order valence-electron chi connectivity index (χ2n) is 5.99. The average molecular weight is 352 g/mol. The van der Waals surface area contributed by atoms with Gasteiger partial charge in [0.25, 0.3) is 5.91 Å². The minimum absolute atomic E-state index is 0.0183. The molecule has 3 unspecified atom stereocenters. The number of aryl methyl sites for hydroxylation is 1. The third-order valence-corrected chi connectivity index (χ3v) is 3.99. The standard InChI is InChI=1S/C14H17FN6O4/c1-7(22)25-10-4-8(15)3-9(5-10)17-13(23)11-12-18-19-20(2)14(24)21(12)6-16-11/h6,8-10H,3-5H2,1-2H3,(H,17,23). The van der Waals surface area contributed by atoms with E-state index < -0.39 is 35.9 Å². The number of amides is 1. The molecule has 2 aromatic heterocycles. The fourth-order valence-corrected chi connectivity index (χ4v) is 2.94. The van der Waals surface area contributed by atoms with Gasteiger partial charge in [0.15, 0.2) is 11.3 Å². The van der Waals surface area contributed by atoms with Crippen LogP contribution in [0.1, 0.15) is 36.7 Å². The van der Waals surface area contributed by atoms with Crippen LogP contribution in [-0.4, -0.2) is 54.6 Å². The second-order valence-corrected chi connectivity index (χ2v) is 5.99. The van der Waals surface area contributed by atoms with E-state index >= 15 is 0 Å². The summed E-state index contributed by atoms with van der Waals surface area (Å²) in [5.74, 6) is -1.08. The smallest absolute Gasteiger partial charge is 0.352 e. The van der Waals surface area contributed by atoms with Crippen molar-refractivity contribution >= 4 is 17.5 Å². The number of hydrogen-bond acceptors (Lipinski definition) is 7. The lowest BCUT2D eigenvalue weighted by atomic mass is 9.91. The molecule has 2 aromatic rings. The zero-order valence-corrected chi connectivity index (χ0v) is 13.7. The molecule has 1 N–H and O–H groups in total. The van der Waals surface area contributed by atoms with Gasteiger partial charge in [0, 0.05) is 32.9 Å². The Morgan fingerprint density at radius 1 is 1.36 bits per heavy atom. The summed E-state index contributed by atoms with van der Waals surface area (Å²) in [7, 11) is 1.42. The Labute approximate surface area is 141 Å². The molecule has 1 saturated carbocycles. The lowest BCUT2D eigenvalue weighted by molar-refractivity contribution is -0.149. The van der Waals surface area contributed by atoms with Crippen molar-refractivity contribution in [2.75, 3.05) is 0 Å². The van der Waals surface area contributed by atoms with Gasteiger partial charge in [0.1, 0.15) is 18.6 Å². The maximum atomic E-state index is 13.8. The predicted molar refractivity (Wildman–Crippen MR) is 81.6 cm³/mol. The van der Waals surface area contributed by atoms with Gasteiger partial charge in [0.2, 0.25) is 0 Å². The fourth-order valence-electron chi connectivity index (χ4n) is 2.94. The van der Waals surface area contributed by atoms with Gasteiger partial charge in [-0.1, -0.05) is 5.21 Å². The molecule has 0 radical (unpaired) electrons. The number of imidazole rings is 1. The van der Waals surface area contributed by atoms with E-state index in [2.05, 4.69) is 20.6 Å². The molecule has 0 aromatic carbocycles. The van der Waals surface area contributed by atoms with Crippen LogP contribution in [-0.2, 0) is 16.6 Å². The number of rotatable bonds is 3. The van der Waals surface area contributed by atoms with E-state index in [-0.39, 0.29) is 24.2 Å². The van der Waals surface area contributed by atoms with Crippen molar-refractivity contribution in [3.8, 4) is 0 Å². The highest BCUT2D eigenvalue weighted by Crippen LogP contribution is 2.24. The van der Waals surface area contributed by atoms with Gasteiger partial charge in [-0.2, -0.15) is 4.68 Å². The maximum Gasteiger partial charge on any atom is 0.352 e. The van der Waals surface area contributed by atoms with Gasteiger partial charge >= 0.3 is 11.7 Å². The molecule has 134 valence electrons. The van der Waals surface area contributed by atoms with Crippen LogP contribution in [0.15, 0.2) is 11.1 Å². The van der Waals surface area contributed by atoms with Crippen LogP contribution in [0.25, 0.3) is 5.65 Å². The highest BCUT2D eigenvalue weighted by atomic mass is 19.1. The first-order valence-corrected chi connectivity index (χ1v) is 7.74. The van der Waals surface area contributed by atoms with E-state index in [1.807, 2.05) is 0 Å². The average Bonchev–Trinajstić information content (AvgIpc) is 2.94. The zero-order chi connectivity index (χ0) is 18.1. The number of fused-ring (bicyclic) bond motifs is 1. The first-order chi connectivity index (χ1) is 11.8. The molecule has 0 saturated heterocycles. The number of aromatic nitrogens is 5. The second kappa shape index (κ2) is 6.57. The van der Waals surface area contributed by atoms with Crippen LogP contribution in [0.3, 0.4) is 0 Å². The molecule has 0 aliphatic heterocycles. The highest BCUT2D eigenvalue weighted by molar-refractivity contribution is 5.98. The highest BCUT2D eigenvalue weighted by Gasteiger charge is 2.32. The van der Waals surface area contributed by atoms with Crippen LogP contribution in [0.2, 0.25) is 0 Å². The van der Waals surface area contributed by atoms with Crippen molar-refractivity contribution < 1.29 is 18.7 Å². The zero-order valence-electron chi connectivity index (χ0n) is 13.7. The molecule has 0 spiro atoms. The lowest BCUT2D eigenvalue weighted by Gasteiger charge is -2.31. The Morgan fingerprint density at radius 2 is 2.12 bits per heavy atom. The van der Waals surface area contributed by atoms with Gasteiger partial charge < -0.3 is 10.1 Å². The summed E-state index contributed by atoms with van der Waals surface area (Å²) in [4.78, 5) is 39.3. The Morgan fingerprint density at radius 3 is 2.84 bits per heavy atom. The Balaban J connectivity index is 1.77. The van der Waals surface area contributed by atoms with Gasteiger partial charge in [-0.15, -0.1) is 5.10 Å². The van der Waals surface area contributed by atoms with E-state index in [0.29, 0.717) is 6.42 Å². The molecular formula is C14H17FN6O4. The van der Waals surface area contributed by atoms with Crippen molar-refractivity contribution in [1.82, 2.24) is 29.7 Å². The minimum atomic E-state index is -1.19. The quantitative estimate of drug-likeness (QED) is 0.731. The van der Waals surface area contributed by atoms with Gasteiger partial charge in [-0.05, 0) is 6.42 Å². The third kappa shape index (κ3) is 3.49. The lowest BCUT2D eigenvalue weighted by Crippen LogP contribution is -2.44. The Kier molecular flexibility index (Phi) is 4.47. The van der Waals surface area contributed by atoms with Crippen LogP contribution in [0, 0.1) is 0 Å². The molecule has 1 aliphatic rings. The molecule has 3 atom stereocenters. The van der Waals surface area contributed by atoms with E-state index in [4.69, 9.17) is 4.74 Å². The summed E-state index contributed by atoms with van der Waals surface area (Å²) < 4.78 is 21.0. The number of alkyl halides is 1. The van der Waals surface area contributed by atoms with E-state index in [1.54, 1.807) is 0 Å². The van der Waals surface area contributed by atoms with Gasteiger partial charge in [0.05, 0.1) is 0 Å². The van der Waals surface area contributed by atoms with E-state index in [0.717, 1.165) is 9.08 Å². The van der Waals surface area contributed by atoms with E-state index in [1.165, 1.54) is 20.3 Å². The van der Waals surface area contributed by atoms with Gasteiger partial charge in [-0.3, -0.25) is 9.59 Å². The summed E-state index contributed by atoms with van der Waals surface area (Å²) >= 11 is 0. The summed E-state index contributed by atoms with van der Waals surface area (Å²) in [6.07, 6.45) is -0.0531. The third-order valence-electron chi connectivity index (χ3n) is 3.99. The Hall–Kier alpha value is -2.85. The molecular weight excluding hydrogens is 335 g/mol. The van der Waals surface area contributed by atoms with Crippen LogP contribution >= 0.6 is 0 Å². The van der Waals surface area contributed by atoms with Crippen molar-refractivity contribution in [3.63, 3.8) is 0 Å². The number of carbonyl (C=O) groups excluding carboxylic acids is 2. The molecule has 25 heavy (non-hydrogen) atoms. The number of nitrogens with one attached hydrogen (secondary N) is 1. The van der Waals surface area contributed by atoms with Gasteiger partial charge in [-0.25, -0.2) is 18.6 Å². The molecule has 0 bridgehead atoms. The molecule has 11 heteroatoms. The van der Waals surface area contributed by atoms with Crippen molar-refractivity contribution in [2.45, 2.75) is 44.5 Å². The minimum Gasteiger partial charge on any atom is -0.462 e. The SMILES string of the molecule is CC(=O)OC1CC(F)CC(NC(=O)c2ncn3c(=O)n(C)nnc23)C1. The summed E-state index contributed by atoms with van der Waals surface area (Å²) in [6.45, 7) is 1.26. The molecule has 1 fully saturated rings. The number of halogens is 1. The monoisotopic (exact) mass is 352 g/mol. The first kappa shape index (κ1) is 17.0.